The van der Waals surface area contributed by atoms with Crippen LogP contribution in [-0.2, 0) is 13.0 Å². The van der Waals surface area contributed by atoms with E-state index in [2.05, 4.69) is 30.6 Å². The molecule has 4 heterocycles. The van der Waals surface area contributed by atoms with Crippen LogP contribution in [-0.4, -0.2) is 51.2 Å². The molecule has 0 saturated carbocycles. The van der Waals surface area contributed by atoms with Crippen molar-refractivity contribution in [2.24, 2.45) is 0 Å². The van der Waals surface area contributed by atoms with Gasteiger partial charge in [-0.25, -0.2) is 19.9 Å². The van der Waals surface area contributed by atoms with E-state index in [9.17, 15) is 9.90 Å². The highest BCUT2D eigenvalue weighted by atomic mass is 16.4. The first-order valence-corrected chi connectivity index (χ1v) is 10.4. The first-order valence-electron chi connectivity index (χ1n) is 10.4. The molecule has 0 aliphatic carbocycles. The first kappa shape index (κ1) is 20.4. The third-order valence-corrected chi connectivity index (χ3v) is 5.48. The summed E-state index contributed by atoms with van der Waals surface area (Å²) in [6, 6.07) is 13.3. The van der Waals surface area contributed by atoms with Crippen molar-refractivity contribution in [2.75, 3.05) is 0 Å². The molecule has 2 N–H and O–H groups in total. The van der Waals surface area contributed by atoms with Crippen molar-refractivity contribution in [2.45, 2.75) is 26.8 Å². The van der Waals surface area contributed by atoms with Crippen molar-refractivity contribution in [1.29, 1.82) is 0 Å². The minimum absolute atomic E-state index is 0.0174. The van der Waals surface area contributed by atoms with Crippen LogP contribution in [0.5, 0.6) is 0 Å². The van der Waals surface area contributed by atoms with E-state index in [1.54, 1.807) is 12.3 Å². The Bertz CT molecular complexity index is 1460. The molecule has 0 radical (unpaired) electrons. The lowest BCUT2D eigenvalue weighted by atomic mass is 10.0. The second-order valence-corrected chi connectivity index (χ2v) is 7.62. The number of benzene rings is 1. The third kappa shape index (κ3) is 3.71. The number of aromatic amines is 1. The van der Waals surface area contributed by atoms with Gasteiger partial charge in [-0.05, 0) is 46.7 Å². The van der Waals surface area contributed by atoms with Crippen LogP contribution in [0.1, 0.15) is 34.4 Å². The number of hydrogen-bond acceptors (Lipinski definition) is 7. The Morgan fingerprint density at radius 1 is 1.15 bits per heavy atom. The van der Waals surface area contributed by atoms with Gasteiger partial charge in [-0.3, -0.25) is 4.98 Å². The van der Waals surface area contributed by atoms with Crippen LogP contribution < -0.4 is 0 Å². The van der Waals surface area contributed by atoms with Crippen LogP contribution in [0, 0.1) is 6.92 Å². The number of aromatic carboxylic acids is 1. The van der Waals surface area contributed by atoms with Gasteiger partial charge in [-0.1, -0.05) is 31.2 Å². The van der Waals surface area contributed by atoms with Crippen LogP contribution >= 0.6 is 0 Å². The van der Waals surface area contributed by atoms with Crippen molar-refractivity contribution in [3.63, 3.8) is 0 Å². The van der Waals surface area contributed by atoms with E-state index in [1.807, 2.05) is 54.8 Å². The van der Waals surface area contributed by atoms with E-state index in [0.717, 1.165) is 39.3 Å². The molecule has 5 aromatic rings. The van der Waals surface area contributed by atoms with E-state index in [1.165, 1.54) is 0 Å². The van der Waals surface area contributed by atoms with Crippen molar-refractivity contribution >= 4 is 17.1 Å². The average Bonchev–Trinajstić information content (AvgIpc) is 3.48. The second kappa shape index (κ2) is 8.23. The molecular weight excluding hydrogens is 420 g/mol. The molecule has 0 unspecified atom stereocenters. The number of carbonyl (C=O) groups is 1. The maximum absolute atomic E-state index is 11.5. The number of tetrazole rings is 1. The van der Waals surface area contributed by atoms with Crippen LogP contribution in [0.25, 0.3) is 33.8 Å². The number of nitrogens with one attached hydrogen (secondary N) is 1. The second-order valence-electron chi connectivity index (χ2n) is 7.62. The number of pyridine rings is 2. The average molecular weight is 440 g/mol. The van der Waals surface area contributed by atoms with Crippen LogP contribution in [0.3, 0.4) is 0 Å². The molecular formula is C23H20N8O2. The molecule has 0 bridgehead atoms. The number of aromatic nitrogens is 8. The Morgan fingerprint density at radius 3 is 2.67 bits per heavy atom. The maximum atomic E-state index is 11.5. The SMILES string of the molecule is CCc1nc2c(C)cc(C(=O)O)nc2n1Cc1ccc(-c2ncccc2-c2nnn[nH]2)cc1. The summed E-state index contributed by atoms with van der Waals surface area (Å²) >= 11 is 0. The number of rotatable bonds is 6. The van der Waals surface area contributed by atoms with Gasteiger partial charge in [0.1, 0.15) is 11.3 Å². The summed E-state index contributed by atoms with van der Waals surface area (Å²) in [6.45, 7) is 4.41. The summed E-state index contributed by atoms with van der Waals surface area (Å²) in [4.78, 5) is 25.1. The zero-order chi connectivity index (χ0) is 22.9. The Balaban J connectivity index is 1.52. The number of nitrogens with zero attached hydrogens (tertiary/aromatic N) is 7. The molecule has 0 aliphatic heterocycles. The Kier molecular flexibility index (Phi) is 5.09. The minimum Gasteiger partial charge on any atom is -0.477 e. The zero-order valence-corrected chi connectivity index (χ0v) is 18.0. The van der Waals surface area contributed by atoms with E-state index in [0.29, 0.717) is 24.4 Å². The molecule has 0 aliphatic rings. The Morgan fingerprint density at radius 2 is 1.97 bits per heavy atom. The van der Waals surface area contributed by atoms with Crippen molar-refractivity contribution < 1.29 is 9.90 Å². The van der Waals surface area contributed by atoms with Gasteiger partial charge < -0.3 is 9.67 Å². The molecule has 0 saturated heterocycles. The number of hydrogen-bond donors (Lipinski definition) is 2. The molecule has 1 aromatic carbocycles. The summed E-state index contributed by atoms with van der Waals surface area (Å²) in [7, 11) is 0. The van der Waals surface area contributed by atoms with E-state index in [4.69, 9.17) is 4.98 Å². The van der Waals surface area contributed by atoms with Gasteiger partial charge in [-0.15, -0.1) is 5.10 Å². The summed E-state index contributed by atoms with van der Waals surface area (Å²) in [6.07, 6.45) is 2.44. The zero-order valence-electron chi connectivity index (χ0n) is 18.0. The van der Waals surface area contributed by atoms with Gasteiger partial charge in [0, 0.05) is 23.7 Å². The van der Waals surface area contributed by atoms with E-state index >= 15 is 0 Å². The maximum Gasteiger partial charge on any atom is 0.354 e. The van der Waals surface area contributed by atoms with Gasteiger partial charge in [0.2, 0.25) is 0 Å². The smallest absolute Gasteiger partial charge is 0.354 e. The number of H-pyrrole nitrogens is 1. The lowest BCUT2D eigenvalue weighted by Gasteiger charge is -2.10. The molecule has 0 amide bonds. The highest BCUT2D eigenvalue weighted by Gasteiger charge is 2.17. The predicted octanol–water partition coefficient (Wildman–Crippen LogP) is 3.29. The topological polar surface area (TPSA) is 135 Å². The molecule has 33 heavy (non-hydrogen) atoms. The van der Waals surface area contributed by atoms with Gasteiger partial charge in [0.05, 0.1) is 12.2 Å². The van der Waals surface area contributed by atoms with E-state index in [-0.39, 0.29) is 5.69 Å². The number of fused-ring (bicyclic) bond motifs is 1. The lowest BCUT2D eigenvalue weighted by molar-refractivity contribution is 0.0690. The van der Waals surface area contributed by atoms with Gasteiger partial charge in [0.15, 0.2) is 17.2 Å². The number of carboxylic acids is 1. The Hall–Kier alpha value is -4.47. The number of carboxylic acid groups (broad SMARTS) is 1. The number of imidazole rings is 1. The number of aryl methyl sites for hydroxylation is 2. The summed E-state index contributed by atoms with van der Waals surface area (Å²) in [5.41, 5.74) is 5.67. The van der Waals surface area contributed by atoms with Gasteiger partial charge in [-0.2, -0.15) is 0 Å². The molecule has 0 atom stereocenters. The van der Waals surface area contributed by atoms with Crippen LogP contribution in [0.2, 0.25) is 0 Å². The quantitative estimate of drug-likeness (QED) is 0.411. The first-order chi connectivity index (χ1) is 16.0. The van der Waals surface area contributed by atoms with Gasteiger partial charge >= 0.3 is 5.97 Å². The molecule has 5 rings (SSSR count). The molecule has 4 aromatic heterocycles. The lowest BCUT2D eigenvalue weighted by Crippen LogP contribution is -2.07. The summed E-state index contributed by atoms with van der Waals surface area (Å²) in [5, 5.41) is 23.5. The standard InChI is InChI=1S/C23H20N8O2/c1-3-18-26-19-13(2)11-17(23(32)33)25-22(19)31(18)12-14-6-8-15(9-7-14)20-16(5-4-10-24-20)21-27-29-30-28-21/h4-11H,3,12H2,1-2H3,(H,32,33)(H,27,28,29,30). The fourth-order valence-electron chi connectivity index (χ4n) is 3.88. The van der Waals surface area contributed by atoms with Crippen molar-refractivity contribution in [3.05, 3.63) is 71.3 Å². The predicted molar refractivity (Wildman–Crippen MR) is 121 cm³/mol. The fourth-order valence-corrected chi connectivity index (χ4v) is 3.88. The summed E-state index contributed by atoms with van der Waals surface area (Å²) < 4.78 is 1.98. The van der Waals surface area contributed by atoms with Crippen molar-refractivity contribution in [3.8, 4) is 22.6 Å². The van der Waals surface area contributed by atoms with Crippen LogP contribution in [0.4, 0.5) is 0 Å². The fraction of sp³-hybridized carbons (Fsp3) is 0.174. The van der Waals surface area contributed by atoms with Crippen LogP contribution in [0.15, 0.2) is 48.7 Å². The molecule has 164 valence electrons. The summed E-state index contributed by atoms with van der Waals surface area (Å²) in [5.74, 6) is 0.357. The molecule has 10 heteroatoms. The third-order valence-electron chi connectivity index (χ3n) is 5.48. The highest BCUT2D eigenvalue weighted by molar-refractivity contribution is 5.89. The van der Waals surface area contributed by atoms with Crippen molar-refractivity contribution in [1.82, 2.24) is 40.1 Å². The normalized spacial score (nSPS) is 11.2. The van der Waals surface area contributed by atoms with E-state index < -0.39 is 5.97 Å². The highest BCUT2D eigenvalue weighted by Crippen LogP contribution is 2.28. The molecule has 0 fully saturated rings. The molecule has 0 spiro atoms. The minimum atomic E-state index is -1.05. The Labute approximate surface area is 188 Å². The largest absolute Gasteiger partial charge is 0.477 e. The van der Waals surface area contributed by atoms with Gasteiger partial charge in [0.25, 0.3) is 0 Å². The molecule has 10 nitrogen and oxygen atoms in total. The monoisotopic (exact) mass is 440 g/mol.